The molecule has 1 fully saturated rings. The van der Waals surface area contributed by atoms with Crippen LogP contribution in [-0.4, -0.2) is 17.1 Å². The molecular formula is C14H13FN2O2. The first kappa shape index (κ1) is 11.9. The zero-order valence-electron chi connectivity index (χ0n) is 10.2. The number of amides is 1. The maximum absolute atomic E-state index is 12.8. The summed E-state index contributed by atoms with van der Waals surface area (Å²) < 4.78 is 17.9. The summed E-state index contributed by atoms with van der Waals surface area (Å²) in [6, 6.07) is 7.69. The van der Waals surface area contributed by atoms with Gasteiger partial charge in [0.05, 0.1) is 0 Å². The summed E-state index contributed by atoms with van der Waals surface area (Å²) in [6.07, 6.45) is 3.20. The van der Waals surface area contributed by atoms with Crippen molar-refractivity contribution in [1.29, 1.82) is 0 Å². The number of nitrogens with one attached hydrogen (secondary N) is 1. The lowest BCUT2D eigenvalue weighted by Crippen LogP contribution is -2.39. The SMILES string of the molecule is O=C(NC1CCC1)c1cc(-c2ccc(F)cc2)on1. The third kappa shape index (κ3) is 2.50. The van der Waals surface area contributed by atoms with Crippen molar-refractivity contribution < 1.29 is 13.7 Å². The Morgan fingerprint density at radius 1 is 1.32 bits per heavy atom. The van der Waals surface area contributed by atoms with E-state index < -0.39 is 0 Å². The van der Waals surface area contributed by atoms with Crippen molar-refractivity contribution in [2.75, 3.05) is 0 Å². The molecule has 0 atom stereocenters. The largest absolute Gasteiger partial charge is 0.355 e. The van der Waals surface area contributed by atoms with E-state index >= 15 is 0 Å². The van der Waals surface area contributed by atoms with Crippen LogP contribution in [0.5, 0.6) is 0 Å². The van der Waals surface area contributed by atoms with Gasteiger partial charge in [0.25, 0.3) is 5.91 Å². The molecule has 0 saturated heterocycles. The molecule has 98 valence electrons. The Bertz CT molecular complexity index is 588. The predicted molar refractivity (Wildman–Crippen MR) is 67.0 cm³/mol. The van der Waals surface area contributed by atoms with E-state index in [-0.39, 0.29) is 23.5 Å². The Labute approximate surface area is 109 Å². The van der Waals surface area contributed by atoms with Crippen molar-refractivity contribution in [3.63, 3.8) is 0 Å². The minimum Gasteiger partial charge on any atom is -0.355 e. The van der Waals surface area contributed by atoms with Crippen LogP contribution < -0.4 is 5.32 Å². The molecule has 1 N–H and O–H groups in total. The predicted octanol–water partition coefficient (Wildman–Crippen LogP) is 2.76. The van der Waals surface area contributed by atoms with E-state index in [9.17, 15) is 9.18 Å². The van der Waals surface area contributed by atoms with E-state index in [1.165, 1.54) is 12.1 Å². The van der Waals surface area contributed by atoms with Crippen molar-refractivity contribution in [2.24, 2.45) is 0 Å². The number of hydrogen-bond donors (Lipinski definition) is 1. The fourth-order valence-corrected chi connectivity index (χ4v) is 1.94. The van der Waals surface area contributed by atoms with Crippen LogP contribution in [0.15, 0.2) is 34.9 Å². The van der Waals surface area contributed by atoms with Crippen LogP contribution in [0.25, 0.3) is 11.3 Å². The highest BCUT2D eigenvalue weighted by atomic mass is 19.1. The van der Waals surface area contributed by atoms with E-state index in [1.807, 2.05) is 0 Å². The van der Waals surface area contributed by atoms with Gasteiger partial charge in [-0.2, -0.15) is 0 Å². The van der Waals surface area contributed by atoms with Crippen molar-refractivity contribution in [3.05, 3.63) is 41.8 Å². The molecule has 1 heterocycles. The van der Waals surface area contributed by atoms with Crippen molar-refractivity contribution >= 4 is 5.91 Å². The van der Waals surface area contributed by atoms with Crippen molar-refractivity contribution in [2.45, 2.75) is 25.3 Å². The van der Waals surface area contributed by atoms with Gasteiger partial charge < -0.3 is 9.84 Å². The molecule has 1 aromatic carbocycles. The number of rotatable bonds is 3. The maximum Gasteiger partial charge on any atom is 0.273 e. The Balaban J connectivity index is 1.74. The van der Waals surface area contributed by atoms with Gasteiger partial charge in [-0.05, 0) is 43.5 Å². The lowest BCUT2D eigenvalue weighted by Gasteiger charge is -2.25. The van der Waals surface area contributed by atoms with E-state index in [0.29, 0.717) is 11.3 Å². The highest BCUT2D eigenvalue weighted by molar-refractivity contribution is 5.93. The Morgan fingerprint density at radius 3 is 2.68 bits per heavy atom. The second-order valence-corrected chi connectivity index (χ2v) is 4.68. The number of carbonyl (C=O) groups is 1. The van der Waals surface area contributed by atoms with Crippen LogP contribution in [0, 0.1) is 5.82 Å². The van der Waals surface area contributed by atoms with Gasteiger partial charge in [-0.3, -0.25) is 4.79 Å². The van der Waals surface area contributed by atoms with E-state index in [1.54, 1.807) is 18.2 Å². The van der Waals surface area contributed by atoms with Gasteiger partial charge in [0.15, 0.2) is 11.5 Å². The molecule has 1 aliphatic carbocycles. The highest BCUT2D eigenvalue weighted by Gasteiger charge is 2.22. The van der Waals surface area contributed by atoms with E-state index in [4.69, 9.17) is 4.52 Å². The first-order chi connectivity index (χ1) is 9.22. The molecule has 1 aromatic heterocycles. The van der Waals surface area contributed by atoms with Gasteiger partial charge in [-0.1, -0.05) is 5.16 Å². The number of benzene rings is 1. The second kappa shape index (κ2) is 4.84. The van der Waals surface area contributed by atoms with Crippen molar-refractivity contribution in [1.82, 2.24) is 10.5 Å². The van der Waals surface area contributed by atoms with Crippen LogP contribution in [0.1, 0.15) is 29.8 Å². The molecule has 0 aliphatic heterocycles. The summed E-state index contributed by atoms with van der Waals surface area (Å²) in [5.41, 5.74) is 0.947. The van der Waals surface area contributed by atoms with Crippen LogP contribution in [0.3, 0.4) is 0 Å². The molecule has 5 heteroatoms. The number of halogens is 1. The van der Waals surface area contributed by atoms with Gasteiger partial charge in [-0.25, -0.2) is 4.39 Å². The number of hydrogen-bond acceptors (Lipinski definition) is 3. The lowest BCUT2D eigenvalue weighted by molar-refractivity contribution is 0.0908. The summed E-state index contributed by atoms with van der Waals surface area (Å²) in [5.74, 6) is -0.0770. The van der Waals surface area contributed by atoms with Gasteiger partial charge in [-0.15, -0.1) is 0 Å². The molecule has 1 aliphatic rings. The molecule has 0 spiro atoms. The Kier molecular flexibility index (Phi) is 3.03. The lowest BCUT2D eigenvalue weighted by atomic mass is 9.93. The van der Waals surface area contributed by atoms with Gasteiger partial charge in [0.2, 0.25) is 0 Å². The van der Waals surface area contributed by atoms with Gasteiger partial charge in [0.1, 0.15) is 5.82 Å². The molecular weight excluding hydrogens is 247 g/mol. The Hall–Kier alpha value is -2.17. The third-order valence-corrected chi connectivity index (χ3v) is 3.31. The molecule has 2 aromatic rings. The van der Waals surface area contributed by atoms with Crippen LogP contribution in [0.4, 0.5) is 4.39 Å². The fraction of sp³-hybridized carbons (Fsp3) is 0.286. The second-order valence-electron chi connectivity index (χ2n) is 4.68. The zero-order chi connectivity index (χ0) is 13.2. The standard InChI is InChI=1S/C14H13FN2O2/c15-10-6-4-9(5-7-10)13-8-12(17-19-13)14(18)16-11-2-1-3-11/h4-8,11H,1-3H2,(H,16,18). The van der Waals surface area contributed by atoms with Crippen molar-refractivity contribution in [3.8, 4) is 11.3 Å². The molecule has 0 unspecified atom stereocenters. The van der Waals surface area contributed by atoms with Crippen LogP contribution in [-0.2, 0) is 0 Å². The molecule has 3 rings (SSSR count). The summed E-state index contributed by atoms with van der Waals surface area (Å²) >= 11 is 0. The van der Waals surface area contributed by atoms with Gasteiger partial charge in [0, 0.05) is 17.7 Å². The first-order valence-corrected chi connectivity index (χ1v) is 6.26. The molecule has 0 bridgehead atoms. The molecule has 1 amide bonds. The summed E-state index contributed by atoms with van der Waals surface area (Å²) in [6.45, 7) is 0. The number of aromatic nitrogens is 1. The zero-order valence-corrected chi connectivity index (χ0v) is 10.2. The summed E-state index contributed by atoms with van der Waals surface area (Å²) in [7, 11) is 0. The quantitative estimate of drug-likeness (QED) is 0.923. The number of carbonyl (C=O) groups excluding carboxylic acids is 1. The summed E-state index contributed by atoms with van der Waals surface area (Å²) in [5, 5.41) is 6.63. The maximum atomic E-state index is 12.8. The average Bonchev–Trinajstić information content (AvgIpc) is 2.84. The molecule has 0 radical (unpaired) electrons. The normalized spacial score (nSPS) is 15.0. The van der Waals surface area contributed by atoms with E-state index in [0.717, 1.165) is 19.3 Å². The first-order valence-electron chi connectivity index (χ1n) is 6.26. The molecule has 1 saturated carbocycles. The third-order valence-electron chi connectivity index (χ3n) is 3.31. The summed E-state index contributed by atoms with van der Waals surface area (Å²) in [4.78, 5) is 11.9. The number of nitrogens with zero attached hydrogens (tertiary/aromatic N) is 1. The minimum atomic E-state index is -0.314. The minimum absolute atomic E-state index is 0.221. The highest BCUT2D eigenvalue weighted by Crippen LogP contribution is 2.22. The fourth-order valence-electron chi connectivity index (χ4n) is 1.94. The van der Waals surface area contributed by atoms with Crippen LogP contribution >= 0.6 is 0 Å². The average molecular weight is 260 g/mol. The topological polar surface area (TPSA) is 55.1 Å². The molecule has 19 heavy (non-hydrogen) atoms. The van der Waals surface area contributed by atoms with Crippen LogP contribution in [0.2, 0.25) is 0 Å². The smallest absolute Gasteiger partial charge is 0.273 e. The monoisotopic (exact) mass is 260 g/mol. The van der Waals surface area contributed by atoms with E-state index in [2.05, 4.69) is 10.5 Å². The van der Waals surface area contributed by atoms with Gasteiger partial charge >= 0.3 is 0 Å². The Morgan fingerprint density at radius 2 is 2.05 bits per heavy atom. The molecule has 4 nitrogen and oxygen atoms in total.